The van der Waals surface area contributed by atoms with Crippen LogP contribution in [0.1, 0.15) is 53.4 Å². The average Bonchev–Trinajstić information content (AvgIpc) is 2.94. The van der Waals surface area contributed by atoms with Gasteiger partial charge in [0.1, 0.15) is 5.82 Å². The van der Waals surface area contributed by atoms with Crippen LogP contribution in [0.4, 0.5) is 10.1 Å². The first-order valence-corrected chi connectivity index (χ1v) is 14.2. The van der Waals surface area contributed by atoms with Crippen LogP contribution in [0, 0.1) is 11.7 Å². The highest BCUT2D eigenvalue weighted by Crippen LogP contribution is 2.46. The highest BCUT2D eigenvalue weighted by atomic mass is 19.1. The third-order valence-electron chi connectivity index (χ3n) is 9.14. The van der Waals surface area contributed by atoms with Crippen molar-refractivity contribution in [2.45, 2.75) is 37.5 Å². The first-order valence-electron chi connectivity index (χ1n) is 14.2. The minimum Gasteiger partial charge on any atom is -0.369 e. The lowest BCUT2D eigenvalue weighted by atomic mass is 9.69. The van der Waals surface area contributed by atoms with Crippen molar-refractivity contribution >= 4 is 5.69 Å². The van der Waals surface area contributed by atoms with Gasteiger partial charge < -0.3 is 14.7 Å². The first-order chi connectivity index (χ1) is 18.2. The van der Waals surface area contributed by atoms with Gasteiger partial charge in [0.15, 0.2) is 0 Å². The van der Waals surface area contributed by atoms with Gasteiger partial charge in [0.25, 0.3) is 0 Å². The Morgan fingerprint density at radius 1 is 0.757 bits per heavy atom. The van der Waals surface area contributed by atoms with Gasteiger partial charge in [-0.2, -0.15) is 0 Å². The van der Waals surface area contributed by atoms with Gasteiger partial charge in [-0.25, -0.2) is 4.39 Å². The molecule has 2 atom stereocenters. The third kappa shape index (κ3) is 5.32. The Balaban J connectivity index is 1.18. The van der Waals surface area contributed by atoms with Gasteiger partial charge in [0.05, 0.1) is 5.69 Å². The van der Waals surface area contributed by atoms with E-state index in [9.17, 15) is 0 Å². The summed E-state index contributed by atoms with van der Waals surface area (Å²) in [6, 6.07) is 25.7. The number of hydrogen-bond acceptors (Lipinski definition) is 3. The van der Waals surface area contributed by atoms with E-state index in [0.29, 0.717) is 5.92 Å². The molecule has 2 heterocycles. The molecule has 3 aliphatic rings. The molecule has 6 rings (SSSR count). The topological polar surface area (TPSA) is 9.72 Å². The van der Waals surface area contributed by atoms with Gasteiger partial charge in [0.2, 0.25) is 0 Å². The second-order valence-corrected chi connectivity index (χ2v) is 11.5. The molecule has 194 valence electrons. The zero-order valence-electron chi connectivity index (χ0n) is 22.2. The van der Waals surface area contributed by atoms with Gasteiger partial charge in [-0.3, -0.25) is 0 Å². The lowest BCUT2D eigenvalue weighted by Crippen LogP contribution is -2.47. The van der Waals surface area contributed by atoms with Crippen molar-refractivity contribution in [1.29, 1.82) is 0 Å². The van der Waals surface area contributed by atoms with Crippen LogP contribution in [0.25, 0.3) is 0 Å². The molecule has 2 unspecified atom stereocenters. The van der Waals surface area contributed by atoms with Crippen molar-refractivity contribution in [2.75, 3.05) is 57.8 Å². The summed E-state index contributed by atoms with van der Waals surface area (Å²) in [6.45, 7) is 7.81. The minimum absolute atomic E-state index is 0.0649. The molecule has 37 heavy (non-hydrogen) atoms. The smallest absolute Gasteiger partial charge is 0.146 e. The molecule has 3 nitrogen and oxygen atoms in total. The molecule has 2 saturated heterocycles. The zero-order chi connectivity index (χ0) is 25.2. The molecular weight excluding hydrogens is 457 g/mol. The fraction of sp³-hybridized carbons (Fsp3) is 0.455. The molecule has 3 aromatic rings. The van der Waals surface area contributed by atoms with Crippen molar-refractivity contribution in [1.82, 2.24) is 9.80 Å². The van der Waals surface area contributed by atoms with Crippen LogP contribution in [-0.2, 0) is 6.42 Å². The summed E-state index contributed by atoms with van der Waals surface area (Å²) in [5.41, 5.74) is 6.01. The summed E-state index contributed by atoms with van der Waals surface area (Å²) < 4.78 is 15.7. The zero-order valence-corrected chi connectivity index (χ0v) is 22.2. The van der Waals surface area contributed by atoms with E-state index in [1.54, 1.807) is 0 Å². The summed E-state index contributed by atoms with van der Waals surface area (Å²) in [5.74, 6) is 1.22. The number of nitrogens with zero attached hydrogens (tertiary/aromatic N) is 3. The Hall–Kier alpha value is -2.69. The van der Waals surface area contributed by atoms with Gasteiger partial charge in [-0.1, -0.05) is 60.7 Å². The molecule has 3 aromatic carbocycles. The van der Waals surface area contributed by atoms with Crippen LogP contribution < -0.4 is 4.90 Å². The van der Waals surface area contributed by atoms with Crippen LogP contribution in [0.5, 0.6) is 0 Å². The second-order valence-electron chi connectivity index (χ2n) is 11.5. The summed E-state index contributed by atoms with van der Waals surface area (Å²) >= 11 is 0. The number of anilines is 1. The lowest BCUT2D eigenvalue weighted by molar-refractivity contribution is 0.129. The standard InChI is InChI=1S/C33H40FN3/c1-35-19-21-36(22-20-35)24-25-15-17-37(18-16-25)32-14-12-28(23-31(32)34)33-29-10-6-5-9-27(29)11-13-30(33)26-7-3-2-4-8-26/h2-10,12,14,23,25,30,33H,11,13,15-22,24H2,1H3. The molecule has 1 aliphatic carbocycles. The quantitative estimate of drug-likeness (QED) is 0.419. The molecule has 0 bridgehead atoms. The van der Waals surface area contributed by atoms with Crippen LogP contribution >= 0.6 is 0 Å². The molecule has 0 radical (unpaired) electrons. The van der Waals surface area contributed by atoms with Crippen LogP contribution in [0.2, 0.25) is 0 Å². The number of fused-ring (bicyclic) bond motifs is 1. The Kier molecular flexibility index (Phi) is 7.30. The normalized spacial score (nSPS) is 23.7. The largest absolute Gasteiger partial charge is 0.369 e. The monoisotopic (exact) mass is 497 g/mol. The summed E-state index contributed by atoms with van der Waals surface area (Å²) in [5, 5.41) is 0. The van der Waals surface area contributed by atoms with Crippen molar-refractivity contribution < 1.29 is 4.39 Å². The molecule has 0 spiro atoms. The van der Waals surface area contributed by atoms with E-state index in [1.165, 1.54) is 49.4 Å². The van der Waals surface area contributed by atoms with Crippen LogP contribution in [0.15, 0.2) is 72.8 Å². The molecule has 0 N–H and O–H groups in total. The number of piperazine rings is 1. The average molecular weight is 498 g/mol. The van der Waals surface area contributed by atoms with Gasteiger partial charge >= 0.3 is 0 Å². The van der Waals surface area contributed by atoms with E-state index in [0.717, 1.165) is 55.9 Å². The van der Waals surface area contributed by atoms with E-state index in [1.807, 2.05) is 6.07 Å². The van der Waals surface area contributed by atoms with Gasteiger partial charge in [-0.05, 0) is 79.0 Å². The fourth-order valence-corrected chi connectivity index (χ4v) is 6.96. The summed E-state index contributed by atoms with van der Waals surface area (Å²) in [7, 11) is 2.21. The number of hydrogen-bond donors (Lipinski definition) is 0. The number of rotatable bonds is 5. The fourth-order valence-electron chi connectivity index (χ4n) is 6.96. The molecular formula is C33H40FN3. The van der Waals surface area contributed by atoms with Crippen LogP contribution in [0.3, 0.4) is 0 Å². The van der Waals surface area contributed by atoms with Crippen LogP contribution in [-0.4, -0.2) is 62.7 Å². The van der Waals surface area contributed by atoms with Gasteiger partial charge in [0, 0.05) is 51.7 Å². The van der Waals surface area contributed by atoms with E-state index in [2.05, 4.69) is 88.5 Å². The van der Waals surface area contributed by atoms with Crippen molar-refractivity contribution in [2.24, 2.45) is 5.92 Å². The molecule has 0 amide bonds. The maximum atomic E-state index is 15.7. The first kappa shape index (κ1) is 24.6. The van der Waals surface area contributed by atoms with Crippen molar-refractivity contribution in [3.8, 4) is 0 Å². The van der Waals surface area contributed by atoms with E-state index in [4.69, 9.17) is 0 Å². The Labute approximate surface area is 221 Å². The molecule has 2 fully saturated rings. The number of halogens is 1. The maximum Gasteiger partial charge on any atom is 0.146 e. The van der Waals surface area contributed by atoms with Gasteiger partial charge in [-0.15, -0.1) is 0 Å². The third-order valence-corrected chi connectivity index (χ3v) is 9.14. The van der Waals surface area contributed by atoms with Crippen molar-refractivity contribution in [3.63, 3.8) is 0 Å². The summed E-state index contributed by atoms with van der Waals surface area (Å²) in [4.78, 5) is 7.32. The molecule has 2 aliphatic heterocycles. The number of piperidine rings is 1. The van der Waals surface area contributed by atoms with E-state index < -0.39 is 0 Å². The van der Waals surface area contributed by atoms with E-state index >= 15 is 4.39 Å². The van der Waals surface area contributed by atoms with Crippen molar-refractivity contribution in [3.05, 3.63) is 101 Å². The maximum absolute atomic E-state index is 15.7. The number of benzene rings is 3. The lowest BCUT2D eigenvalue weighted by Gasteiger charge is -2.39. The minimum atomic E-state index is -0.0649. The SMILES string of the molecule is CN1CCN(CC2CCN(c3ccc(C4c5ccccc5CCC4c4ccccc4)cc3F)CC2)CC1. The summed E-state index contributed by atoms with van der Waals surface area (Å²) in [6.07, 6.45) is 4.48. The van der Waals surface area contributed by atoms with E-state index in [-0.39, 0.29) is 11.7 Å². The molecule has 0 saturated carbocycles. The highest BCUT2D eigenvalue weighted by molar-refractivity contribution is 5.53. The molecule has 0 aromatic heterocycles. The molecule has 4 heteroatoms. The Morgan fingerprint density at radius 2 is 1.49 bits per heavy atom. The predicted octanol–water partition coefficient (Wildman–Crippen LogP) is 6.15. The highest BCUT2D eigenvalue weighted by Gasteiger charge is 2.32. The Morgan fingerprint density at radius 3 is 2.24 bits per heavy atom. The predicted molar refractivity (Wildman–Crippen MR) is 151 cm³/mol. The second kappa shape index (κ2) is 11.0. The number of aryl methyl sites for hydroxylation is 1. The number of likely N-dealkylation sites (N-methyl/N-ethyl adjacent to an activating group) is 1. The Bertz CT molecular complexity index is 1180.